The van der Waals surface area contributed by atoms with E-state index in [-0.39, 0.29) is 16.6 Å². The first kappa shape index (κ1) is 28.3. The van der Waals surface area contributed by atoms with Crippen LogP contribution in [0, 0.1) is 19.8 Å². The molecule has 0 radical (unpaired) electrons. The molecule has 5 aromatic rings. The highest BCUT2D eigenvalue weighted by atomic mass is 32.2. The molecule has 0 aliphatic carbocycles. The maximum atomic E-state index is 14.0. The summed E-state index contributed by atoms with van der Waals surface area (Å²) in [5, 5.41) is 1.62. The van der Waals surface area contributed by atoms with Crippen LogP contribution in [0.1, 0.15) is 41.3 Å². The van der Waals surface area contributed by atoms with Crippen LogP contribution in [0.5, 0.6) is 5.75 Å². The fraction of sp³-hybridized carbons (Fsp3) is 0.273. The van der Waals surface area contributed by atoms with Crippen molar-refractivity contribution in [2.45, 2.75) is 44.6 Å². The fourth-order valence-electron chi connectivity index (χ4n) is 5.57. The first-order chi connectivity index (χ1) is 20.2. The van der Waals surface area contributed by atoms with Crippen LogP contribution in [-0.4, -0.2) is 38.6 Å². The molecule has 0 saturated carbocycles. The fourth-order valence-corrected chi connectivity index (χ4v) is 7.73. The van der Waals surface area contributed by atoms with E-state index in [0.717, 1.165) is 38.9 Å². The first-order valence-corrected chi connectivity index (χ1v) is 16.3. The predicted octanol–water partition coefficient (Wildman–Crippen LogP) is 7.05. The largest absolute Gasteiger partial charge is 0.490 e. The minimum absolute atomic E-state index is 0.0121. The molecule has 1 amide bonds. The van der Waals surface area contributed by atoms with Gasteiger partial charge in [-0.15, -0.1) is 11.3 Å². The van der Waals surface area contributed by atoms with Crippen LogP contribution in [0.3, 0.4) is 0 Å². The van der Waals surface area contributed by atoms with Crippen LogP contribution in [0.2, 0.25) is 0 Å². The molecule has 9 heteroatoms. The number of hydrogen-bond donors (Lipinski definition) is 1. The summed E-state index contributed by atoms with van der Waals surface area (Å²) in [7, 11) is -4.12. The summed E-state index contributed by atoms with van der Waals surface area (Å²) < 4.78 is 41.9. The van der Waals surface area contributed by atoms with Gasteiger partial charge in [0.15, 0.2) is 0 Å². The summed E-state index contributed by atoms with van der Waals surface area (Å²) in [6, 6.07) is 21.5. The quantitative estimate of drug-likeness (QED) is 0.215. The third-order valence-corrected chi connectivity index (χ3v) is 10.6. The topological polar surface area (TPSA) is 94.6 Å². The number of pyridine rings is 1. The SMILES string of the molecule is Cc1c(-c2cc(C(=O)NS(=O)(=O)c3ccccc3)c3c(OC(C)C4CCOCC4)ccc(C)c3n2)sc2ccccc12. The predicted molar refractivity (Wildman–Crippen MR) is 167 cm³/mol. The van der Waals surface area contributed by atoms with Gasteiger partial charge in [0.25, 0.3) is 15.9 Å². The van der Waals surface area contributed by atoms with Crippen molar-refractivity contribution in [2.24, 2.45) is 5.92 Å². The van der Waals surface area contributed by atoms with Gasteiger partial charge in [-0.3, -0.25) is 4.79 Å². The molecule has 1 N–H and O–H groups in total. The van der Waals surface area contributed by atoms with Crippen LogP contribution in [-0.2, 0) is 14.8 Å². The molecule has 3 heterocycles. The number of aryl methyl sites for hydroxylation is 2. The Morgan fingerprint density at radius 3 is 2.48 bits per heavy atom. The van der Waals surface area contributed by atoms with Gasteiger partial charge in [0.1, 0.15) is 5.75 Å². The average molecular weight is 601 g/mol. The zero-order valence-corrected chi connectivity index (χ0v) is 25.3. The molecular formula is C33H32N2O5S2. The van der Waals surface area contributed by atoms with Crippen molar-refractivity contribution in [2.75, 3.05) is 13.2 Å². The zero-order chi connectivity index (χ0) is 29.4. The van der Waals surface area contributed by atoms with Crippen LogP contribution < -0.4 is 9.46 Å². The van der Waals surface area contributed by atoms with E-state index in [2.05, 4.69) is 16.9 Å². The number of ether oxygens (including phenoxy) is 2. The van der Waals surface area contributed by atoms with E-state index < -0.39 is 15.9 Å². The summed E-state index contributed by atoms with van der Waals surface area (Å²) in [5.74, 6) is 0.0728. The van der Waals surface area contributed by atoms with Gasteiger partial charge < -0.3 is 9.47 Å². The van der Waals surface area contributed by atoms with Gasteiger partial charge >= 0.3 is 0 Å². The second-order valence-electron chi connectivity index (χ2n) is 10.7. The third-order valence-electron chi connectivity index (χ3n) is 7.97. The number of hydrogen-bond acceptors (Lipinski definition) is 7. The summed E-state index contributed by atoms with van der Waals surface area (Å²) in [6.07, 6.45) is 1.65. The van der Waals surface area contributed by atoms with Gasteiger partial charge in [-0.1, -0.05) is 42.5 Å². The van der Waals surface area contributed by atoms with E-state index in [1.807, 2.05) is 45.0 Å². The van der Waals surface area contributed by atoms with Crippen LogP contribution in [0.25, 0.3) is 31.6 Å². The van der Waals surface area contributed by atoms with Crippen LogP contribution in [0.4, 0.5) is 0 Å². The molecule has 6 rings (SSSR count). The molecule has 0 spiro atoms. The van der Waals surface area contributed by atoms with Gasteiger partial charge in [0, 0.05) is 17.9 Å². The lowest BCUT2D eigenvalue weighted by Crippen LogP contribution is -2.31. The van der Waals surface area contributed by atoms with E-state index in [0.29, 0.717) is 41.5 Å². The van der Waals surface area contributed by atoms with Crippen molar-refractivity contribution < 1.29 is 22.7 Å². The smallest absolute Gasteiger partial charge is 0.265 e. The number of benzene rings is 3. The van der Waals surface area contributed by atoms with Gasteiger partial charge in [-0.05, 0) is 86.4 Å². The van der Waals surface area contributed by atoms with Gasteiger partial charge in [-0.2, -0.15) is 0 Å². The third kappa shape index (κ3) is 5.40. The molecule has 1 aliphatic rings. The van der Waals surface area contributed by atoms with E-state index in [9.17, 15) is 13.2 Å². The number of carbonyl (C=O) groups is 1. The minimum Gasteiger partial charge on any atom is -0.490 e. The lowest BCUT2D eigenvalue weighted by Gasteiger charge is -2.29. The van der Waals surface area contributed by atoms with Crippen LogP contribution >= 0.6 is 11.3 Å². The average Bonchev–Trinajstić information content (AvgIpc) is 3.35. The van der Waals surface area contributed by atoms with Crippen LogP contribution in [0.15, 0.2) is 77.7 Å². The number of sulfonamides is 1. The number of thiophene rings is 1. The number of rotatable bonds is 7. The summed E-state index contributed by atoms with van der Waals surface area (Å²) in [4.78, 5) is 20.0. The van der Waals surface area contributed by atoms with E-state index in [1.54, 1.807) is 35.6 Å². The van der Waals surface area contributed by atoms with E-state index in [1.165, 1.54) is 12.1 Å². The Kier molecular flexibility index (Phi) is 7.74. The molecule has 42 heavy (non-hydrogen) atoms. The molecule has 1 unspecified atom stereocenters. The van der Waals surface area contributed by atoms with Crippen molar-refractivity contribution >= 4 is 48.3 Å². The molecule has 2 aromatic heterocycles. The molecule has 1 saturated heterocycles. The Hall–Kier alpha value is -3.79. The number of nitrogens with one attached hydrogen (secondary N) is 1. The Morgan fingerprint density at radius 1 is 1.02 bits per heavy atom. The summed E-state index contributed by atoms with van der Waals surface area (Å²) in [5.41, 5.74) is 3.33. The van der Waals surface area contributed by atoms with Gasteiger partial charge in [0.2, 0.25) is 0 Å². The molecular weight excluding hydrogens is 569 g/mol. The Labute approximate surface area is 249 Å². The first-order valence-electron chi connectivity index (χ1n) is 14.0. The van der Waals surface area contributed by atoms with Gasteiger partial charge in [-0.25, -0.2) is 18.1 Å². The highest BCUT2D eigenvalue weighted by Gasteiger charge is 2.27. The molecule has 3 aromatic carbocycles. The Morgan fingerprint density at radius 2 is 1.74 bits per heavy atom. The molecule has 1 aliphatic heterocycles. The highest BCUT2D eigenvalue weighted by molar-refractivity contribution is 7.90. The van der Waals surface area contributed by atoms with E-state index >= 15 is 0 Å². The molecule has 0 bridgehead atoms. The number of nitrogens with zero attached hydrogens (tertiary/aromatic N) is 1. The van der Waals surface area contributed by atoms with Crippen molar-refractivity contribution in [3.8, 4) is 16.3 Å². The molecule has 1 atom stereocenters. The molecule has 7 nitrogen and oxygen atoms in total. The summed E-state index contributed by atoms with van der Waals surface area (Å²) >= 11 is 1.60. The minimum atomic E-state index is -4.12. The second kappa shape index (κ2) is 11.5. The lowest BCUT2D eigenvalue weighted by atomic mass is 9.94. The van der Waals surface area contributed by atoms with Crippen molar-refractivity contribution in [3.05, 3.63) is 89.5 Å². The standard InChI is InChI=1S/C33H32N2O5S2/c1-20-13-14-28(40-22(3)23-15-17-39-18-16-23)30-26(33(36)35-42(37,38)24-9-5-4-6-10-24)19-27(34-31(20)30)32-21(2)25-11-7-8-12-29(25)41-32/h4-14,19,22-23H,15-18H2,1-3H3,(H,35,36). The molecule has 1 fully saturated rings. The summed E-state index contributed by atoms with van der Waals surface area (Å²) in [6.45, 7) is 7.39. The molecule has 216 valence electrons. The van der Waals surface area contributed by atoms with Crippen molar-refractivity contribution in [1.82, 2.24) is 9.71 Å². The Bertz CT molecular complexity index is 1890. The number of amides is 1. The maximum absolute atomic E-state index is 14.0. The highest BCUT2D eigenvalue weighted by Crippen LogP contribution is 2.41. The number of fused-ring (bicyclic) bond motifs is 2. The lowest BCUT2D eigenvalue weighted by molar-refractivity contribution is 0.0243. The maximum Gasteiger partial charge on any atom is 0.265 e. The van der Waals surface area contributed by atoms with Crippen molar-refractivity contribution in [1.29, 1.82) is 0 Å². The monoisotopic (exact) mass is 600 g/mol. The van der Waals surface area contributed by atoms with Gasteiger partial charge in [0.05, 0.1) is 38.0 Å². The Balaban J connectivity index is 1.51. The zero-order valence-electron chi connectivity index (χ0n) is 23.7. The number of aromatic nitrogens is 1. The normalized spacial score (nSPS) is 15.1. The van der Waals surface area contributed by atoms with Crippen molar-refractivity contribution in [3.63, 3.8) is 0 Å². The van der Waals surface area contributed by atoms with E-state index in [4.69, 9.17) is 14.5 Å². The number of carbonyl (C=O) groups excluding carboxylic acids is 1. The second-order valence-corrected chi connectivity index (χ2v) is 13.5.